The number of anilines is 1. The summed E-state index contributed by atoms with van der Waals surface area (Å²) in [6, 6.07) is 22.8. The Morgan fingerprint density at radius 2 is 1.53 bits per heavy atom. The Balaban J connectivity index is 1.60. The van der Waals surface area contributed by atoms with Crippen molar-refractivity contribution in [2.75, 3.05) is 5.32 Å². The van der Waals surface area contributed by atoms with Crippen molar-refractivity contribution < 1.29 is 18.0 Å². The Bertz CT molecular complexity index is 1390. The Hall–Kier alpha value is -3.71. The Morgan fingerprint density at radius 3 is 2.22 bits per heavy atom. The van der Waals surface area contributed by atoms with E-state index in [0.717, 1.165) is 0 Å². The van der Waals surface area contributed by atoms with Gasteiger partial charge in [-0.05, 0) is 42.8 Å². The maximum atomic E-state index is 13.2. The third-order valence-electron chi connectivity index (χ3n) is 5.18. The fourth-order valence-electron chi connectivity index (χ4n) is 3.61. The van der Waals surface area contributed by atoms with Crippen LogP contribution in [-0.4, -0.2) is 24.7 Å². The van der Waals surface area contributed by atoms with Gasteiger partial charge >= 0.3 is 0 Å². The van der Waals surface area contributed by atoms with Crippen LogP contribution in [0.25, 0.3) is 10.9 Å². The van der Waals surface area contributed by atoms with Gasteiger partial charge in [0.05, 0.1) is 10.6 Å². The predicted octanol–water partition coefficient (Wildman–Crippen LogP) is 4.46. The first-order chi connectivity index (χ1) is 15.3. The van der Waals surface area contributed by atoms with Crippen molar-refractivity contribution in [1.29, 1.82) is 0 Å². The van der Waals surface area contributed by atoms with Crippen molar-refractivity contribution in [3.05, 3.63) is 96.2 Å². The summed E-state index contributed by atoms with van der Waals surface area (Å²) in [7, 11) is -3.61. The number of rotatable bonds is 7. The van der Waals surface area contributed by atoms with Crippen molar-refractivity contribution >= 4 is 38.1 Å². The van der Waals surface area contributed by atoms with E-state index < -0.39 is 9.84 Å². The van der Waals surface area contributed by atoms with Gasteiger partial charge in [0.15, 0.2) is 15.6 Å². The van der Waals surface area contributed by atoms with Crippen LogP contribution in [0.1, 0.15) is 22.8 Å². The smallest absolute Gasteiger partial charge is 0.244 e. The molecule has 1 N–H and O–H groups in total. The largest absolute Gasteiger partial charge is 0.337 e. The average molecular weight is 447 g/mol. The topological polar surface area (TPSA) is 85.2 Å². The minimum absolute atomic E-state index is 0.0458. The number of benzene rings is 3. The van der Waals surface area contributed by atoms with Gasteiger partial charge in [-0.3, -0.25) is 9.59 Å². The normalized spacial score (nSPS) is 11.4. The van der Waals surface area contributed by atoms with E-state index >= 15 is 0 Å². The van der Waals surface area contributed by atoms with Crippen molar-refractivity contribution in [2.24, 2.45) is 0 Å². The van der Waals surface area contributed by atoms with E-state index in [1.54, 1.807) is 71.3 Å². The molecule has 1 heterocycles. The van der Waals surface area contributed by atoms with E-state index in [0.29, 0.717) is 27.7 Å². The van der Waals surface area contributed by atoms with Crippen LogP contribution in [0.2, 0.25) is 0 Å². The number of hydrogen-bond donors (Lipinski definition) is 1. The van der Waals surface area contributed by atoms with Gasteiger partial charge in [-0.2, -0.15) is 0 Å². The summed E-state index contributed by atoms with van der Waals surface area (Å²) in [6.45, 7) is 1.43. The molecule has 0 aliphatic heterocycles. The van der Waals surface area contributed by atoms with Crippen molar-refractivity contribution in [1.82, 2.24) is 4.57 Å². The van der Waals surface area contributed by atoms with Gasteiger partial charge in [-0.1, -0.05) is 48.5 Å². The molecule has 3 aromatic carbocycles. The number of Topliss-reactive ketones (excluding diaryl/α,β-unsaturated/α-hetero) is 1. The molecular weight excluding hydrogens is 424 g/mol. The number of para-hydroxylation sites is 1. The van der Waals surface area contributed by atoms with E-state index in [2.05, 4.69) is 5.32 Å². The van der Waals surface area contributed by atoms with Crippen LogP contribution in [-0.2, 0) is 26.9 Å². The molecule has 0 bridgehead atoms. The second-order valence-corrected chi connectivity index (χ2v) is 9.52. The van der Waals surface area contributed by atoms with Gasteiger partial charge in [-0.25, -0.2) is 8.42 Å². The number of nitrogens with zero attached hydrogens (tertiary/aromatic N) is 1. The number of hydrogen-bond acceptors (Lipinski definition) is 4. The highest BCUT2D eigenvalue weighted by Gasteiger charge is 2.22. The van der Waals surface area contributed by atoms with Crippen LogP contribution in [0.4, 0.5) is 5.69 Å². The molecule has 32 heavy (non-hydrogen) atoms. The van der Waals surface area contributed by atoms with Gasteiger partial charge in [0.1, 0.15) is 6.54 Å². The van der Waals surface area contributed by atoms with Crippen LogP contribution in [0.5, 0.6) is 0 Å². The van der Waals surface area contributed by atoms with E-state index in [1.807, 2.05) is 12.1 Å². The van der Waals surface area contributed by atoms with Gasteiger partial charge in [-0.15, -0.1) is 0 Å². The van der Waals surface area contributed by atoms with Gasteiger partial charge < -0.3 is 9.88 Å². The fourth-order valence-corrected chi connectivity index (χ4v) is 5.19. The van der Waals surface area contributed by atoms with Crippen molar-refractivity contribution in [3.63, 3.8) is 0 Å². The van der Waals surface area contributed by atoms with Crippen molar-refractivity contribution in [2.45, 2.75) is 24.1 Å². The maximum absolute atomic E-state index is 13.2. The first kappa shape index (κ1) is 21.5. The first-order valence-corrected chi connectivity index (χ1v) is 11.7. The van der Waals surface area contributed by atoms with Gasteiger partial charge in [0.25, 0.3) is 0 Å². The number of sulfone groups is 1. The first-order valence-electron chi connectivity index (χ1n) is 10.1. The summed E-state index contributed by atoms with van der Waals surface area (Å²) in [6.07, 6.45) is 1.53. The molecule has 0 aliphatic carbocycles. The fraction of sp³-hybridized carbons (Fsp3) is 0.120. The summed E-state index contributed by atoms with van der Waals surface area (Å²) >= 11 is 0. The Kier molecular flexibility index (Phi) is 5.92. The predicted molar refractivity (Wildman–Crippen MR) is 124 cm³/mol. The Labute approximate surface area is 186 Å². The number of aromatic nitrogens is 1. The highest BCUT2D eigenvalue weighted by atomic mass is 32.2. The molecule has 6 nitrogen and oxygen atoms in total. The molecule has 0 atom stereocenters. The standard InChI is InChI=1S/C25H22N2O4S/c1-18(28)20-11-13-21(14-12-20)26-25(29)16-27-15-24(22-9-5-6-10-23(22)27)32(30,31)17-19-7-3-2-4-8-19/h2-15H,16-17H2,1H3,(H,26,29). The van der Waals surface area contributed by atoms with Crippen LogP contribution in [0.15, 0.2) is 90.0 Å². The van der Waals surface area contributed by atoms with Gasteiger partial charge in [0.2, 0.25) is 5.91 Å². The molecule has 0 saturated carbocycles. The third-order valence-corrected chi connectivity index (χ3v) is 6.88. The summed E-state index contributed by atoms with van der Waals surface area (Å²) in [4.78, 5) is 24.3. The molecule has 0 radical (unpaired) electrons. The molecule has 4 rings (SSSR count). The summed E-state index contributed by atoms with van der Waals surface area (Å²) < 4.78 is 27.9. The van der Waals surface area contributed by atoms with E-state index in [4.69, 9.17) is 0 Å². The number of ketones is 1. The van der Waals surface area contributed by atoms with Crippen molar-refractivity contribution in [3.8, 4) is 0 Å². The highest BCUT2D eigenvalue weighted by Crippen LogP contribution is 2.28. The molecule has 4 aromatic rings. The van der Waals surface area contributed by atoms with Crippen LogP contribution in [0, 0.1) is 0 Å². The number of nitrogens with one attached hydrogen (secondary N) is 1. The molecule has 1 aromatic heterocycles. The summed E-state index contributed by atoms with van der Waals surface area (Å²) in [5.74, 6) is -0.462. The number of carbonyl (C=O) groups is 2. The lowest BCUT2D eigenvalue weighted by atomic mass is 10.1. The molecule has 0 saturated heterocycles. The number of fused-ring (bicyclic) bond motifs is 1. The van der Waals surface area contributed by atoms with Gasteiger partial charge in [0, 0.05) is 28.4 Å². The van der Waals surface area contributed by atoms with E-state index in [-0.39, 0.29) is 28.9 Å². The molecule has 0 spiro atoms. The zero-order valence-corrected chi connectivity index (χ0v) is 18.3. The zero-order chi connectivity index (χ0) is 22.7. The van der Waals surface area contributed by atoms with Crippen LogP contribution in [0.3, 0.4) is 0 Å². The molecule has 0 fully saturated rings. The SMILES string of the molecule is CC(=O)c1ccc(NC(=O)Cn2cc(S(=O)(=O)Cc3ccccc3)c3ccccc32)cc1. The minimum Gasteiger partial charge on any atom is -0.337 e. The minimum atomic E-state index is -3.61. The van der Waals surface area contributed by atoms with E-state index in [1.165, 1.54) is 13.1 Å². The lowest BCUT2D eigenvalue weighted by molar-refractivity contribution is -0.116. The van der Waals surface area contributed by atoms with Crippen LogP contribution >= 0.6 is 0 Å². The zero-order valence-electron chi connectivity index (χ0n) is 17.5. The lowest BCUT2D eigenvalue weighted by Crippen LogP contribution is -2.18. The second-order valence-electron chi connectivity index (χ2n) is 7.56. The number of amides is 1. The number of carbonyl (C=O) groups excluding carboxylic acids is 2. The van der Waals surface area contributed by atoms with Crippen LogP contribution < -0.4 is 5.32 Å². The maximum Gasteiger partial charge on any atom is 0.244 e. The second kappa shape index (κ2) is 8.80. The monoisotopic (exact) mass is 446 g/mol. The lowest BCUT2D eigenvalue weighted by Gasteiger charge is -2.08. The molecule has 0 aliphatic rings. The summed E-state index contributed by atoms with van der Waals surface area (Å²) in [5.41, 5.74) is 2.50. The molecule has 162 valence electrons. The quantitative estimate of drug-likeness (QED) is 0.425. The average Bonchev–Trinajstić information content (AvgIpc) is 3.14. The molecule has 0 unspecified atom stereocenters. The highest BCUT2D eigenvalue weighted by molar-refractivity contribution is 7.90. The Morgan fingerprint density at radius 1 is 0.875 bits per heavy atom. The molecule has 1 amide bonds. The molecule has 7 heteroatoms. The molecular formula is C25H22N2O4S. The summed E-state index contributed by atoms with van der Waals surface area (Å²) in [5, 5.41) is 3.37. The third kappa shape index (κ3) is 4.63. The van der Waals surface area contributed by atoms with E-state index in [9.17, 15) is 18.0 Å².